The Morgan fingerprint density at radius 3 is 2.62 bits per heavy atom. The second kappa shape index (κ2) is 10.2. The zero-order chi connectivity index (χ0) is 18.1. The Morgan fingerprint density at radius 1 is 1.33 bits per heavy atom. The standard InChI is InChI=1S/C16H30N4O4/c1-4-5-6-7-12(10-14(21)18-24)15(22)13-11-17-8-9-20(13)16(23)19(2)3/h12-13,17,24H,4-11H2,1-3H3,(H,18,21)/t12-,13-/m1/s1. The Morgan fingerprint density at radius 2 is 2.04 bits per heavy atom. The van der Waals surface area contributed by atoms with Crippen LogP contribution in [-0.2, 0) is 9.59 Å². The minimum Gasteiger partial charge on any atom is -0.331 e. The lowest BCUT2D eigenvalue weighted by Crippen LogP contribution is -2.60. The predicted molar refractivity (Wildman–Crippen MR) is 89.6 cm³/mol. The number of ketones is 1. The Balaban J connectivity index is 2.87. The van der Waals surface area contributed by atoms with Gasteiger partial charge in [0.15, 0.2) is 5.78 Å². The van der Waals surface area contributed by atoms with Gasteiger partial charge in [-0.1, -0.05) is 26.2 Å². The van der Waals surface area contributed by atoms with E-state index in [2.05, 4.69) is 12.2 Å². The third-order valence-electron chi connectivity index (χ3n) is 4.32. The van der Waals surface area contributed by atoms with E-state index in [1.54, 1.807) is 24.5 Å². The minimum absolute atomic E-state index is 0.0560. The maximum Gasteiger partial charge on any atom is 0.320 e. The topological polar surface area (TPSA) is 102 Å². The molecule has 0 spiro atoms. The van der Waals surface area contributed by atoms with Crippen LogP contribution < -0.4 is 10.8 Å². The van der Waals surface area contributed by atoms with Crippen LogP contribution in [0.4, 0.5) is 4.79 Å². The molecule has 0 bridgehead atoms. The number of carbonyl (C=O) groups is 3. The first-order valence-corrected chi connectivity index (χ1v) is 8.57. The first kappa shape index (κ1) is 20.4. The summed E-state index contributed by atoms with van der Waals surface area (Å²) >= 11 is 0. The maximum atomic E-state index is 13.0. The van der Waals surface area contributed by atoms with Crippen molar-refractivity contribution in [3.63, 3.8) is 0 Å². The molecule has 138 valence electrons. The van der Waals surface area contributed by atoms with Crippen LogP contribution >= 0.6 is 0 Å². The molecule has 0 unspecified atom stereocenters. The number of Topliss-reactive ketones (excluding diaryl/α,β-unsaturated/α-hetero) is 1. The summed E-state index contributed by atoms with van der Waals surface area (Å²) in [5.41, 5.74) is 1.60. The molecule has 0 aromatic carbocycles. The number of piperazine rings is 1. The summed E-state index contributed by atoms with van der Waals surface area (Å²) in [6, 6.07) is -0.777. The first-order valence-electron chi connectivity index (χ1n) is 8.57. The molecule has 2 atom stereocenters. The van der Waals surface area contributed by atoms with E-state index in [1.807, 2.05) is 0 Å². The lowest BCUT2D eigenvalue weighted by Gasteiger charge is -2.38. The summed E-state index contributed by atoms with van der Waals surface area (Å²) < 4.78 is 0. The summed E-state index contributed by atoms with van der Waals surface area (Å²) in [6.45, 7) is 3.56. The second-order valence-corrected chi connectivity index (χ2v) is 6.42. The number of carbonyl (C=O) groups excluding carboxylic acids is 3. The van der Waals surface area contributed by atoms with Crippen molar-refractivity contribution in [2.24, 2.45) is 5.92 Å². The molecule has 3 amide bonds. The molecule has 0 saturated carbocycles. The van der Waals surface area contributed by atoms with Crippen molar-refractivity contribution >= 4 is 17.7 Å². The van der Waals surface area contributed by atoms with Gasteiger partial charge in [-0.2, -0.15) is 0 Å². The van der Waals surface area contributed by atoms with Crippen LogP contribution in [0, 0.1) is 5.92 Å². The number of amides is 3. The van der Waals surface area contributed by atoms with Gasteiger partial charge in [0.05, 0.1) is 0 Å². The van der Waals surface area contributed by atoms with Gasteiger partial charge in [-0.05, 0) is 6.42 Å². The van der Waals surface area contributed by atoms with Crippen molar-refractivity contribution in [1.29, 1.82) is 0 Å². The highest BCUT2D eigenvalue weighted by atomic mass is 16.5. The predicted octanol–water partition coefficient (Wildman–Crippen LogP) is 0.603. The summed E-state index contributed by atoms with van der Waals surface area (Å²) in [5, 5.41) is 11.9. The van der Waals surface area contributed by atoms with Crippen molar-refractivity contribution in [2.75, 3.05) is 33.7 Å². The molecule has 0 aromatic heterocycles. The summed E-state index contributed by atoms with van der Waals surface area (Å²) in [4.78, 5) is 39.9. The maximum absolute atomic E-state index is 13.0. The van der Waals surface area contributed by atoms with Crippen LogP contribution in [0.5, 0.6) is 0 Å². The van der Waals surface area contributed by atoms with Crippen molar-refractivity contribution in [3.05, 3.63) is 0 Å². The highest BCUT2D eigenvalue weighted by molar-refractivity contribution is 5.93. The fourth-order valence-electron chi connectivity index (χ4n) is 2.97. The Labute approximate surface area is 143 Å². The van der Waals surface area contributed by atoms with Gasteiger partial charge in [0.1, 0.15) is 6.04 Å². The van der Waals surface area contributed by atoms with Crippen molar-refractivity contribution in [3.8, 4) is 0 Å². The Bertz CT molecular complexity index is 442. The van der Waals surface area contributed by atoms with Gasteiger partial charge in [-0.25, -0.2) is 10.3 Å². The number of hydroxylamine groups is 1. The Hall–Kier alpha value is -1.67. The summed E-state index contributed by atoms with van der Waals surface area (Å²) in [5.74, 6) is -1.18. The molecule has 0 radical (unpaired) electrons. The molecule has 1 saturated heterocycles. The molecule has 1 rings (SSSR count). The highest BCUT2D eigenvalue weighted by Crippen LogP contribution is 2.20. The quantitative estimate of drug-likeness (QED) is 0.341. The molecule has 3 N–H and O–H groups in total. The first-order chi connectivity index (χ1) is 11.4. The number of unbranched alkanes of at least 4 members (excludes halogenated alkanes) is 2. The van der Waals surface area contributed by atoms with E-state index in [9.17, 15) is 14.4 Å². The molecule has 1 heterocycles. The van der Waals surface area contributed by atoms with E-state index < -0.39 is 17.9 Å². The zero-order valence-corrected chi connectivity index (χ0v) is 14.9. The van der Waals surface area contributed by atoms with E-state index >= 15 is 0 Å². The molecule has 0 aliphatic carbocycles. The van der Waals surface area contributed by atoms with E-state index in [-0.39, 0.29) is 18.2 Å². The molecular formula is C16H30N4O4. The van der Waals surface area contributed by atoms with Crippen molar-refractivity contribution in [2.45, 2.75) is 45.1 Å². The van der Waals surface area contributed by atoms with Gasteiger partial charge >= 0.3 is 6.03 Å². The summed E-state index contributed by atoms with van der Waals surface area (Å²) in [6.07, 6.45) is 3.37. The average Bonchev–Trinajstić information content (AvgIpc) is 2.59. The third kappa shape index (κ3) is 5.76. The zero-order valence-electron chi connectivity index (χ0n) is 14.9. The Kier molecular flexibility index (Phi) is 8.70. The number of rotatable bonds is 8. The van der Waals surface area contributed by atoms with Crippen LogP contribution in [-0.4, -0.2) is 72.5 Å². The number of nitrogens with zero attached hydrogens (tertiary/aromatic N) is 2. The molecule has 8 nitrogen and oxygen atoms in total. The largest absolute Gasteiger partial charge is 0.331 e. The second-order valence-electron chi connectivity index (χ2n) is 6.42. The number of nitrogens with one attached hydrogen (secondary N) is 2. The molecule has 1 aliphatic rings. The van der Waals surface area contributed by atoms with Crippen LogP contribution in [0.2, 0.25) is 0 Å². The van der Waals surface area contributed by atoms with Crippen molar-refractivity contribution < 1.29 is 19.6 Å². The lowest BCUT2D eigenvalue weighted by molar-refractivity contribution is -0.136. The highest BCUT2D eigenvalue weighted by Gasteiger charge is 2.36. The van der Waals surface area contributed by atoms with E-state index in [0.29, 0.717) is 26.1 Å². The fourth-order valence-corrected chi connectivity index (χ4v) is 2.97. The number of hydrogen-bond donors (Lipinski definition) is 3. The van der Waals surface area contributed by atoms with Gasteiger partial charge in [0, 0.05) is 46.1 Å². The molecule has 8 heteroatoms. The molecular weight excluding hydrogens is 312 g/mol. The third-order valence-corrected chi connectivity index (χ3v) is 4.32. The smallest absolute Gasteiger partial charge is 0.320 e. The molecule has 1 fully saturated rings. The van der Waals surface area contributed by atoms with E-state index in [4.69, 9.17) is 5.21 Å². The number of hydrogen-bond acceptors (Lipinski definition) is 5. The van der Waals surface area contributed by atoms with Gasteiger partial charge in [-0.15, -0.1) is 0 Å². The average molecular weight is 342 g/mol. The van der Waals surface area contributed by atoms with Gasteiger partial charge < -0.3 is 15.1 Å². The van der Waals surface area contributed by atoms with Gasteiger partial charge in [0.25, 0.3) is 0 Å². The van der Waals surface area contributed by atoms with Crippen LogP contribution in [0.15, 0.2) is 0 Å². The minimum atomic E-state index is -0.577. The molecule has 0 aromatic rings. The lowest BCUT2D eigenvalue weighted by atomic mass is 9.88. The van der Waals surface area contributed by atoms with Gasteiger partial charge in [0.2, 0.25) is 5.91 Å². The van der Waals surface area contributed by atoms with E-state index in [1.165, 1.54) is 4.90 Å². The van der Waals surface area contributed by atoms with Crippen LogP contribution in [0.1, 0.15) is 39.0 Å². The van der Waals surface area contributed by atoms with Crippen molar-refractivity contribution in [1.82, 2.24) is 20.6 Å². The van der Waals surface area contributed by atoms with Crippen LogP contribution in [0.3, 0.4) is 0 Å². The number of urea groups is 1. The summed E-state index contributed by atoms with van der Waals surface area (Å²) in [7, 11) is 3.31. The van der Waals surface area contributed by atoms with Gasteiger partial charge in [-0.3, -0.25) is 14.8 Å². The SMILES string of the molecule is CCCCC[C@H](CC(=O)NO)C(=O)[C@H]1CNCCN1C(=O)N(C)C. The monoisotopic (exact) mass is 342 g/mol. The normalized spacial score (nSPS) is 18.8. The molecule has 24 heavy (non-hydrogen) atoms. The van der Waals surface area contributed by atoms with Crippen LogP contribution in [0.25, 0.3) is 0 Å². The van der Waals surface area contributed by atoms with E-state index in [0.717, 1.165) is 19.3 Å². The fraction of sp³-hybridized carbons (Fsp3) is 0.812. The molecule has 1 aliphatic heterocycles.